The van der Waals surface area contributed by atoms with E-state index in [4.69, 9.17) is 5.73 Å². The van der Waals surface area contributed by atoms with Crippen LogP contribution in [0.5, 0.6) is 0 Å². The maximum Gasteiger partial charge on any atom is 0.0131 e. The maximum absolute atomic E-state index is 6.44. The highest BCUT2D eigenvalue weighted by molar-refractivity contribution is 4.92. The monoisotopic (exact) mass is 224 g/mol. The number of hydrogen-bond donors (Lipinski definition) is 1. The first-order valence-corrected chi connectivity index (χ1v) is 6.97. The van der Waals surface area contributed by atoms with Crippen LogP contribution in [0, 0.1) is 17.3 Å². The van der Waals surface area contributed by atoms with Crippen LogP contribution in [0.1, 0.15) is 46.5 Å². The first-order valence-electron chi connectivity index (χ1n) is 6.97. The van der Waals surface area contributed by atoms with E-state index >= 15 is 0 Å². The van der Waals surface area contributed by atoms with E-state index in [1.54, 1.807) is 0 Å². The summed E-state index contributed by atoms with van der Waals surface area (Å²) in [5.41, 5.74) is 6.80. The van der Waals surface area contributed by atoms with Gasteiger partial charge < -0.3 is 10.6 Å². The SMILES string of the molecule is CC1CCN(CC2CCCC(C)(C)C2N)C1. The topological polar surface area (TPSA) is 29.3 Å². The Labute approximate surface area is 101 Å². The molecular formula is C14H28N2. The first-order chi connectivity index (χ1) is 7.49. The van der Waals surface area contributed by atoms with Crippen LogP contribution in [0.3, 0.4) is 0 Å². The largest absolute Gasteiger partial charge is 0.327 e. The van der Waals surface area contributed by atoms with E-state index in [9.17, 15) is 0 Å². The summed E-state index contributed by atoms with van der Waals surface area (Å²) in [5.74, 6) is 1.63. The number of likely N-dealkylation sites (tertiary alicyclic amines) is 1. The minimum atomic E-state index is 0.355. The van der Waals surface area contributed by atoms with Crippen LogP contribution in [0.15, 0.2) is 0 Å². The van der Waals surface area contributed by atoms with E-state index in [0.29, 0.717) is 11.5 Å². The van der Waals surface area contributed by atoms with Crippen molar-refractivity contribution in [3.05, 3.63) is 0 Å². The Bertz CT molecular complexity index is 237. The van der Waals surface area contributed by atoms with Gasteiger partial charge in [-0.1, -0.05) is 27.2 Å². The fraction of sp³-hybridized carbons (Fsp3) is 1.00. The molecule has 2 fully saturated rings. The smallest absolute Gasteiger partial charge is 0.0131 e. The summed E-state index contributed by atoms with van der Waals surface area (Å²) in [6, 6.07) is 0.400. The zero-order valence-corrected chi connectivity index (χ0v) is 11.2. The third-order valence-corrected chi connectivity index (χ3v) is 4.81. The number of nitrogens with two attached hydrogens (primary N) is 1. The molecule has 2 rings (SSSR count). The molecule has 0 spiro atoms. The second-order valence-corrected chi connectivity index (χ2v) is 6.82. The van der Waals surface area contributed by atoms with Gasteiger partial charge in [0, 0.05) is 19.1 Å². The average Bonchev–Trinajstić information content (AvgIpc) is 2.59. The van der Waals surface area contributed by atoms with Gasteiger partial charge in [-0.25, -0.2) is 0 Å². The van der Waals surface area contributed by atoms with Crippen LogP contribution in [0.2, 0.25) is 0 Å². The molecule has 1 aliphatic carbocycles. The molecule has 2 nitrogen and oxygen atoms in total. The predicted octanol–water partition coefficient (Wildman–Crippen LogP) is 2.48. The zero-order chi connectivity index (χ0) is 11.8. The summed E-state index contributed by atoms with van der Waals surface area (Å²) in [5, 5.41) is 0. The van der Waals surface area contributed by atoms with Crippen molar-refractivity contribution in [2.45, 2.75) is 52.5 Å². The van der Waals surface area contributed by atoms with Crippen LogP contribution in [-0.2, 0) is 0 Å². The van der Waals surface area contributed by atoms with Crippen LogP contribution < -0.4 is 5.73 Å². The van der Waals surface area contributed by atoms with Crippen molar-refractivity contribution >= 4 is 0 Å². The highest BCUT2D eigenvalue weighted by Crippen LogP contribution is 2.38. The Hall–Kier alpha value is -0.0800. The molecule has 2 N–H and O–H groups in total. The maximum atomic E-state index is 6.44. The third kappa shape index (κ3) is 2.60. The molecule has 1 saturated carbocycles. The minimum absolute atomic E-state index is 0.355. The normalized spacial score (nSPS) is 40.1. The van der Waals surface area contributed by atoms with Gasteiger partial charge in [0.05, 0.1) is 0 Å². The summed E-state index contributed by atoms with van der Waals surface area (Å²) >= 11 is 0. The Morgan fingerprint density at radius 1 is 1.31 bits per heavy atom. The lowest BCUT2D eigenvalue weighted by atomic mass is 9.68. The van der Waals surface area contributed by atoms with E-state index in [-0.39, 0.29) is 0 Å². The molecule has 0 bridgehead atoms. The summed E-state index contributed by atoms with van der Waals surface area (Å²) in [6.07, 6.45) is 5.40. The first kappa shape index (κ1) is 12.4. The molecule has 2 aliphatic rings. The van der Waals surface area contributed by atoms with Crippen molar-refractivity contribution in [2.24, 2.45) is 23.0 Å². The van der Waals surface area contributed by atoms with Crippen molar-refractivity contribution < 1.29 is 0 Å². The van der Waals surface area contributed by atoms with Gasteiger partial charge in [0.1, 0.15) is 0 Å². The lowest BCUT2D eigenvalue weighted by molar-refractivity contribution is 0.109. The molecule has 16 heavy (non-hydrogen) atoms. The predicted molar refractivity (Wildman–Crippen MR) is 69.3 cm³/mol. The highest BCUT2D eigenvalue weighted by Gasteiger charge is 2.37. The van der Waals surface area contributed by atoms with E-state index in [1.165, 1.54) is 45.3 Å². The van der Waals surface area contributed by atoms with E-state index in [2.05, 4.69) is 25.7 Å². The Balaban J connectivity index is 1.89. The molecule has 1 heterocycles. The van der Waals surface area contributed by atoms with Gasteiger partial charge in [-0.3, -0.25) is 0 Å². The highest BCUT2D eigenvalue weighted by atomic mass is 15.1. The van der Waals surface area contributed by atoms with E-state index in [1.807, 2.05) is 0 Å². The van der Waals surface area contributed by atoms with Gasteiger partial charge in [-0.2, -0.15) is 0 Å². The number of hydrogen-bond acceptors (Lipinski definition) is 2. The molecule has 3 atom stereocenters. The van der Waals surface area contributed by atoms with Gasteiger partial charge in [0.25, 0.3) is 0 Å². The second kappa shape index (κ2) is 4.66. The molecule has 0 aromatic rings. The number of rotatable bonds is 2. The second-order valence-electron chi connectivity index (χ2n) is 6.82. The molecule has 0 amide bonds. The molecule has 94 valence electrons. The molecule has 0 aromatic carbocycles. The van der Waals surface area contributed by atoms with Crippen LogP contribution in [0.25, 0.3) is 0 Å². The van der Waals surface area contributed by atoms with E-state index < -0.39 is 0 Å². The molecule has 0 aromatic heterocycles. The molecular weight excluding hydrogens is 196 g/mol. The lowest BCUT2D eigenvalue weighted by Gasteiger charge is -2.43. The van der Waals surface area contributed by atoms with Crippen molar-refractivity contribution in [3.63, 3.8) is 0 Å². The van der Waals surface area contributed by atoms with Crippen LogP contribution >= 0.6 is 0 Å². The molecule has 1 saturated heterocycles. The van der Waals surface area contributed by atoms with Gasteiger partial charge in [0.15, 0.2) is 0 Å². The lowest BCUT2D eigenvalue weighted by Crippen LogP contribution is -2.50. The Morgan fingerprint density at radius 2 is 2.06 bits per heavy atom. The van der Waals surface area contributed by atoms with Crippen LogP contribution in [0.4, 0.5) is 0 Å². The minimum Gasteiger partial charge on any atom is -0.327 e. The fourth-order valence-electron chi connectivity index (χ4n) is 3.53. The third-order valence-electron chi connectivity index (χ3n) is 4.81. The summed E-state index contributed by atoms with van der Waals surface area (Å²) in [7, 11) is 0. The molecule has 2 heteroatoms. The summed E-state index contributed by atoms with van der Waals surface area (Å²) < 4.78 is 0. The van der Waals surface area contributed by atoms with E-state index in [0.717, 1.165) is 11.8 Å². The van der Waals surface area contributed by atoms with Gasteiger partial charge in [-0.15, -0.1) is 0 Å². The van der Waals surface area contributed by atoms with Crippen molar-refractivity contribution in [3.8, 4) is 0 Å². The average molecular weight is 224 g/mol. The molecule has 1 aliphatic heterocycles. The quantitative estimate of drug-likeness (QED) is 0.781. The molecule has 3 unspecified atom stereocenters. The van der Waals surface area contributed by atoms with Gasteiger partial charge in [-0.05, 0) is 43.1 Å². The van der Waals surface area contributed by atoms with Crippen molar-refractivity contribution in [1.29, 1.82) is 0 Å². The Kier molecular flexibility index (Phi) is 3.60. The Morgan fingerprint density at radius 3 is 2.69 bits per heavy atom. The fourth-order valence-corrected chi connectivity index (χ4v) is 3.53. The summed E-state index contributed by atoms with van der Waals surface area (Å²) in [6.45, 7) is 10.9. The van der Waals surface area contributed by atoms with Gasteiger partial charge >= 0.3 is 0 Å². The van der Waals surface area contributed by atoms with Gasteiger partial charge in [0.2, 0.25) is 0 Å². The zero-order valence-electron chi connectivity index (χ0n) is 11.2. The van der Waals surface area contributed by atoms with Crippen molar-refractivity contribution in [2.75, 3.05) is 19.6 Å². The molecule has 0 radical (unpaired) electrons. The standard InChI is InChI=1S/C14H28N2/c1-11-6-8-16(9-11)10-12-5-4-7-14(2,3)13(12)15/h11-13H,4-10,15H2,1-3H3. The van der Waals surface area contributed by atoms with Crippen LogP contribution in [-0.4, -0.2) is 30.6 Å². The van der Waals surface area contributed by atoms with Crippen molar-refractivity contribution in [1.82, 2.24) is 4.90 Å². The summed E-state index contributed by atoms with van der Waals surface area (Å²) in [4.78, 5) is 2.64. The number of nitrogens with zero attached hydrogens (tertiary/aromatic N) is 1.